The number of H-pyrrole nitrogens is 1. The predicted octanol–water partition coefficient (Wildman–Crippen LogP) is 4.80. The van der Waals surface area contributed by atoms with E-state index in [2.05, 4.69) is 50.9 Å². The monoisotopic (exact) mass is 215 g/mol. The van der Waals surface area contributed by atoms with Crippen LogP contribution in [0, 0.1) is 0 Å². The molecule has 0 saturated heterocycles. The summed E-state index contributed by atoms with van der Waals surface area (Å²) < 4.78 is 0. The number of benzene rings is 1. The minimum absolute atomic E-state index is 0.585. The summed E-state index contributed by atoms with van der Waals surface area (Å²) >= 11 is 0. The molecule has 1 atom stereocenters. The third-order valence-electron chi connectivity index (χ3n) is 3.53. The van der Waals surface area contributed by atoms with E-state index in [-0.39, 0.29) is 0 Å². The molecule has 0 amide bonds. The molecule has 0 spiro atoms. The number of aromatic nitrogens is 1. The number of hydrogen-bond donors (Lipinski definition) is 1. The van der Waals surface area contributed by atoms with Crippen molar-refractivity contribution in [3.8, 4) is 0 Å². The molecule has 0 saturated carbocycles. The van der Waals surface area contributed by atoms with Gasteiger partial charge < -0.3 is 4.98 Å². The molecule has 0 fully saturated rings. The van der Waals surface area contributed by atoms with Gasteiger partial charge in [0.2, 0.25) is 0 Å². The molecule has 1 unspecified atom stereocenters. The highest BCUT2D eigenvalue weighted by molar-refractivity contribution is 5.84. The van der Waals surface area contributed by atoms with Gasteiger partial charge in [-0.05, 0) is 41.5 Å². The molecule has 2 aromatic rings. The summed E-state index contributed by atoms with van der Waals surface area (Å²) in [5.74, 6) is 1.23. The molecule has 1 heterocycles. The maximum absolute atomic E-state index is 3.33. The van der Waals surface area contributed by atoms with E-state index < -0.39 is 0 Å². The van der Waals surface area contributed by atoms with Crippen molar-refractivity contribution in [2.45, 2.75) is 46.0 Å². The van der Waals surface area contributed by atoms with E-state index >= 15 is 0 Å². The summed E-state index contributed by atoms with van der Waals surface area (Å²) in [7, 11) is 0. The highest BCUT2D eigenvalue weighted by atomic mass is 14.7. The van der Waals surface area contributed by atoms with E-state index in [0.717, 1.165) is 0 Å². The van der Waals surface area contributed by atoms with Crippen LogP contribution < -0.4 is 0 Å². The van der Waals surface area contributed by atoms with Crippen LogP contribution >= 0.6 is 0 Å². The highest BCUT2D eigenvalue weighted by Crippen LogP contribution is 2.30. The van der Waals surface area contributed by atoms with Crippen molar-refractivity contribution >= 4 is 10.9 Å². The van der Waals surface area contributed by atoms with Gasteiger partial charge in [-0.1, -0.05) is 33.8 Å². The lowest BCUT2D eigenvalue weighted by molar-refractivity contribution is 0.731. The van der Waals surface area contributed by atoms with Crippen LogP contribution in [-0.2, 0) is 0 Å². The molecular weight excluding hydrogens is 194 g/mol. The van der Waals surface area contributed by atoms with Crippen molar-refractivity contribution in [3.63, 3.8) is 0 Å². The number of hydrogen-bond acceptors (Lipinski definition) is 0. The van der Waals surface area contributed by atoms with Gasteiger partial charge in [0, 0.05) is 17.1 Å². The molecule has 0 aliphatic carbocycles. The van der Waals surface area contributed by atoms with E-state index in [1.165, 1.54) is 28.5 Å². The third-order valence-corrected chi connectivity index (χ3v) is 3.53. The molecule has 0 bridgehead atoms. The van der Waals surface area contributed by atoms with Crippen molar-refractivity contribution < 1.29 is 0 Å². The Hall–Kier alpha value is -1.24. The van der Waals surface area contributed by atoms with Crippen molar-refractivity contribution in [1.82, 2.24) is 4.98 Å². The average Bonchev–Trinajstić information content (AvgIpc) is 2.74. The average molecular weight is 215 g/mol. The molecule has 1 aromatic carbocycles. The number of aromatic amines is 1. The number of fused-ring (bicyclic) bond motifs is 1. The smallest absolute Gasteiger partial charge is 0.0459 e. The normalized spacial score (nSPS) is 13.6. The minimum atomic E-state index is 0.585. The summed E-state index contributed by atoms with van der Waals surface area (Å²) in [5.41, 5.74) is 4.21. The lowest BCUT2D eigenvalue weighted by Gasteiger charge is -2.14. The first-order valence-electron chi connectivity index (χ1n) is 6.24. The van der Waals surface area contributed by atoms with E-state index in [9.17, 15) is 0 Å². The second-order valence-corrected chi connectivity index (χ2v) is 5.01. The maximum Gasteiger partial charge on any atom is 0.0459 e. The second-order valence-electron chi connectivity index (χ2n) is 5.01. The van der Waals surface area contributed by atoms with Crippen LogP contribution in [0.25, 0.3) is 10.9 Å². The molecule has 1 N–H and O–H groups in total. The van der Waals surface area contributed by atoms with Crippen LogP contribution in [0.1, 0.15) is 57.1 Å². The van der Waals surface area contributed by atoms with Gasteiger partial charge in [0.1, 0.15) is 0 Å². The molecule has 86 valence electrons. The molecule has 1 aromatic heterocycles. The summed E-state index contributed by atoms with van der Waals surface area (Å²) in [6, 6.07) is 6.87. The summed E-state index contributed by atoms with van der Waals surface area (Å²) in [6.07, 6.45) is 3.24. The van der Waals surface area contributed by atoms with Gasteiger partial charge in [0.15, 0.2) is 0 Å². The van der Waals surface area contributed by atoms with Crippen molar-refractivity contribution in [1.29, 1.82) is 0 Å². The van der Waals surface area contributed by atoms with Crippen LogP contribution in [-0.4, -0.2) is 4.98 Å². The predicted molar refractivity (Wildman–Crippen MR) is 71.1 cm³/mol. The van der Waals surface area contributed by atoms with Crippen LogP contribution in [0.15, 0.2) is 24.4 Å². The first-order chi connectivity index (χ1) is 7.63. The minimum Gasteiger partial charge on any atom is -0.361 e. The SMILES string of the molecule is CCC(C)c1cc(C(C)C)c2cc[nH]c2c1. The van der Waals surface area contributed by atoms with E-state index in [4.69, 9.17) is 0 Å². The molecule has 1 heteroatoms. The standard InChI is InChI=1S/C15H21N/c1-5-11(4)12-8-14(10(2)3)13-6-7-16-15(13)9-12/h6-11,16H,5H2,1-4H3. The van der Waals surface area contributed by atoms with Crippen molar-refractivity contribution in [2.75, 3.05) is 0 Å². The first kappa shape index (κ1) is 11.3. The van der Waals surface area contributed by atoms with Crippen LogP contribution in [0.3, 0.4) is 0 Å². The molecule has 0 aliphatic rings. The van der Waals surface area contributed by atoms with Gasteiger partial charge in [-0.25, -0.2) is 0 Å². The first-order valence-corrected chi connectivity index (χ1v) is 6.24. The molecule has 0 radical (unpaired) electrons. The van der Waals surface area contributed by atoms with Crippen molar-refractivity contribution in [3.05, 3.63) is 35.5 Å². The van der Waals surface area contributed by atoms with Crippen LogP contribution in [0.2, 0.25) is 0 Å². The Morgan fingerprint density at radius 3 is 2.56 bits per heavy atom. The Labute approximate surface area is 97.9 Å². The lowest BCUT2D eigenvalue weighted by Crippen LogP contribution is -1.96. The van der Waals surface area contributed by atoms with Gasteiger partial charge in [0.05, 0.1) is 0 Å². The molecule has 0 aliphatic heterocycles. The van der Waals surface area contributed by atoms with E-state index in [1.807, 2.05) is 6.20 Å². The number of nitrogens with one attached hydrogen (secondary N) is 1. The highest BCUT2D eigenvalue weighted by Gasteiger charge is 2.11. The number of rotatable bonds is 3. The van der Waals surface area contributed by atoms with E-state index in [1.54, 1.807) is 0 Å². The fraction of sp³-hybridized carbons (Fsp3) is 0.467. The fourth-order valence-electron chi connectivity index (χ4n) is 2.22. The molecule has 2 rings (SSSR count). The zero-order valence-corrected chi connectivity index (χ0v) is 10.7. The van der Waals surface area contributed by atoms with Gasteiger partial charge in [-0.3, -0.25) is 0 Å². The molecule has 1 nitrogen and oxygen atoms in total. The molecular formula is C15H21N. The summed E-state index contributed by atoms with van der Waals surface area (Å²) in [5, 5.41) is 1.38. The topological polar surface area (TPSA) is 15.8 Å². The third kappa shape index (κ3) is 1.87. The Bertz CT molecular complexity index is 479. The van der Waals surface area contributed by atoms with Gasteiger partial charge in [-0.2, -0.15) is 0 Å². The van der Waals surface area contributed by atoms with Crippen LogP contribution in [0.4, 0.5) is 0 Å². The summed E-state index contributed by atoms with van der Waals surface area (Å²) in [6.45, 7) is 9.08. The van der Waals surface area contributed by atoms with Gasteiger partial charge in [-0.15, -0.1) is 0 Å². The van der Waals surface area contributed by atoms with Crippen LogP contribution in [0.5, 0.6) is 0 Å². The Kier molecular flexibility index (Phi) is 3.04. The fourth-order valence-corrected chi connectivity index (χ4v) is 2.22. The largest absolute Gasteiger partial charge is 0.361 e. The lowest BCUT2D eigenvalue weighted by atomic mass is 9.91. The van der Waals surface area contributed by atoms with Gasteiger partial charge >= 0.3 is 0 Å². The maximum atomic E-state index is 3.33. The second kappa shape index (κ2) is 4.32. The Balaban J connectivity index is 2.61. The zero-order chi connectivity index (χ0) is 11.7. The Morgan fingerprint density at radius 1 is 1.19 bits per heavy atom. The Morgan fingerprint density at radius 2 is 1.94 bits per heavy atom. The quantitative estimate of drug-likeness (QED) is 0.756. The van der Waals surface area contributed by atoms with Crippen molar-refractivity contribution in [2.24, 2.45) is 0 Å². The molecule has 16 heavy (non-hydrogen) atoms. The van der Waals surface area contributed by atoms with E-state index in [0.29, 0.717) is 11.8 Å². The zero-order valence-electron chi connectivity index (χ0n) is 10.7. The van der Waals surface area contributed by atoms with Gasteiger partial charge in [0.25, 0.3) is 0 Å². The summed E-state index contributed by atoms with van der Waals surface area (Å²) in [4.78, 5) is 3.33.